The van der Waals surface area contributed by atoms with E-state index in [1.807, 2.05) is 36.4 Å². The Kier molecular flexibility index (Phi) is 30.1. The monoisotopic (exact) mass is 536 g/mol. The van der Waals surface area contributed by atoms with Crippen LogP contribution in [0.2, 0.25) is 0 Å². The van der Waals surface area contributed by atoms with Gasteiger partial charge in [-0.25, -0.2) is 0 Å². The van der Waals surface area contributed by atoms with E-state index in [9.17, 15) is 4.79 Å². The molecule has 8 nitrogen and oxygen atoms in total. The van der Waals surface area contributed by atoms with Crippen molar-refractivity contribution in [3.63, 3.8) is 0 Å². The van der Waals surface area contributed by atoms with Gasteiger partial charge in [0.25, 0.3) is 0 Å². The fraction of sp³-hybridized carbons (Fsp3) is 0.0556. The van der Waals surface area contributed by atoms with Crippen molar-refractivity contribution < 1.29 is 42.6 Å². The van der Waals surface area contributed by atoms with Crippen molar-refractivity contribution in [2.24, 2.45) is 0 Å². The molecule has 0 bridgehead atoms. The zero-order valence-corrected chi connectivity index (χ0v) is 16.7. The molecule has 0 aliphatic heterocycles. The van der Waals surface area contributed by atoms with Crippen molar-refractivity contribution in [2.45, 2.75) is 6.54 Å². The van der Waals surface area contributed by atoms with Crippen LogP contribution in [0.25, 0.3) is 11.3 Å². The van der Waals surface area contributed by atoms with E-state index in [1.54, 1.807) is 10.6 Å². The van der Waals surface area contributed by atoms with Gasteiger partial charge in [0.05, 0.1) is 0 Å². The molecule has 2 rings (SSSR count). The van der Waals surface area contributed by atoms with Crippen molar-refractivity contribution in [1.29, 1.82) is 0 Å². The van der Waals surface area contributed by atoms with E-state index in [0.717, 1.165) is 14.9 Å². The van der Waals surface area contributed by atoms with Crippen LogP contribution in [-0.2, 0) is 49.2 Å². The molecule has 0 aliphatic rings. The normalized spacial score (nSPS) is 6.74. The standard InChI is InChI=1S/C13H12N2O.5CO.W/c1-2-9-15-10-8-12(14-13(15)16)11-6-4-3-5-7-11;5*1-2;/h2-8H,1,9H2,(H,14,16);;;;;;. The molecule has 2 aromatic rings. The third-order valence-corrected chi connectivity index (χ3v) is 3.63. The quantitative estimate of drug-likeness (QED) is 0.358. The van der Waals surface area contributed by atoms with Crippen LogP contribution in [0.5, 0.6) is 0 Å². The fourth-order valence-electron chi connectivity index (χ4n) is 1.60. The molecule has 1 aromatic heterocycles. The van der Waals surface area contributed by atoms with Crippen molar-refractivity contribution in [2.75, 3.05) is 0 Å². The average molecular weight is 536 g/mol. The van der Waals surface area contributed by atoms with Gasteiger partial charge in [0.2, 0.25) is 0 Å². The van der Waals surface area contributed by atoms with E-state index in [4.69, 9.17) is 23.3 Å². The maximum atomic E-state index is 11.9. The topological polar surface area (TPSA) is 137 Å². The number of benzene rings is 1. The molecule has 0 saturated heterocycles. The Bertz CT molecular complexity index is 792. The molecule has 0 saturated carbocycles. The fourth-order valence-corrected chi connectivity index (χ4v) is 2.58. The third-order valence-electron chi connectivity index (χ3n) is 2.42. The average Bonchev–Trinajstić information content (AvgIpc) is 2.78. The van der Waals surface area contributed by atoms with E-state index < -0.39 is 0 Å². The molecule has 0 radical (unpaired) electrons. The van der Waals surface area contributed by atoms with Crippen LogP contribution < -0.4 is 5.69 Å². The first-order valence-corrected chi connectivity index (χ1v) is 7.71. The molecule has 0 spiro atoms. The van der Waals surface area contributed by atoms with E-state index >= 15 is 0 Å². The van der Waals surface area contributed by atoms with Crippen LogP contribution in [0.3, 0.4) is 0 Å². The van der Waals surface area contributed by atoms with E-state index in [-0.39, 0.29) is 5.69 Å². The van der Waals surface area contributed by atoms with Crippen LogP contribution in [0.1, 0.15) is 0 Å². The number of H-pyrrole nitrogens is 1. The van der Waals surface area contributed by atoms with E-state index in [0.29, 0.717) is 6.54 Å². The second-order valence-corrected chi connectivity index (χ2v) is 5.09. The molecule has 136 valence electrons. The summed E-state index contributed by atoms with van der Waals surface area (Å²) in [6.45, 7) is 26.7. The SMILES string of the molecule is C=CCn1[c](=[W])cc(-c2ccccc2)[nH]c1=O.[C-]#[O+].[C-]#[O+].[C-]#[O+].[C-]#[O+].[C-]#[O+]. The van der Waals surface area contributed by atoms with Crippen LogP contribution in [0, 0.1) is 36.9 Å². The molecular weight excluding hydrogens is 524 g/mol. The number of aromatic amines is 1. The van der Waals surface area contributed by atoms with Crippen LogP contribution in [-0.4, -0.2) is 9.55 Å². The molecule has 0 fully saturated rings. The molecule has 0 amide bonds. The summed E-state index contributed by atoms with van der Waals surface area (Å²) in [4.78, 5) is 14.8. The van der Waals surface area contributed by atoms with Crippen molar-refractivity contribution in [1.82, 2.24) is 9.55 Å². The Hall–Kier alpha value is -2.77. The van der Waals surface area contributed by atoms with Gasteiger partial charge >= 0.3 is 166 Å². The van der Waals surface area contributed by atoms with Gasteiger partial charge in [-0.15, -0.1) is 0 Å². The van der Waals surface area contributed by atoms with E-state index in [2.05, 4.69) is 44.8 Å². The number of hydrogen-bond acceptors (Lipinski definition) is 1. The summed E-state index contributed by atoms with van der Waals surface area (Å²) >= 11 is 1.27. The molecule has 27 heavy (non-hydrogen) atoms. The summed E-state index contributed by atoms with van der Waals surface area (Å²) < 4.78 is 40.2. The predicted octanol–water partition coefficient (Wildman–Crippen LogP) is 1.92. The summed E-state index contributed by atoms with van der Waals surface area (Å²) in [5.41, 5.74) is 1.80. The van der Waals surface area contributed by atoms with Crippen LogP contribution in [0.4, 0.5) is 0 Å². The summed E-state index contributed by atoms with van der Waals surface area (Å²) in [6.07, 6.45) is 1.73. The molecule has 1 heterocycles. The van der Waals surface area contributed by atoms with Crippen LogP contribution >= 0.6 is 0 Å². The molecule has 1 aromatic carbocycles. The van der Waals surface area contributed by atoms with Gasteiger partial charge < -0.3 is 0 Å². The molecule has 9 heteroatoms. The number of allylic oxidation sites excluding steroid dienone is 1. The van der Waals surface area contributed by atoms with Gasteiger partial charge in [-0.2, -0.15) is 0 Å². The Morgan fingerprint density at radius 3 is 1.78 bits per heavy atom. The van der Waals surface area contributed by atoms with Crippen LogP contribution in [0.15, 0.2) is 53.8 Å². The third kappa shape index (κ3) is 13.1. The zero-order valence-electron chi connectivity index (χ0n) is 13.8. The van der Waals surface area contributed by atoms with Crippen molar-refractivity contribution in [3.8, 4) is 11.3 Å². The first-order valence-electron chi connectivity index (χ1n) is 6.25. The number of nitrogens with one attached hydrogen (secondary N) is 1. The summed E-state index contributed by atoms with van der Waals surface area (Å²) in [5.74, 6) is 0. The molecule has 0 unspecified atom stereocenters. The minimum atomic E-state index is -0.0868. The predicted molar refractivity (Wildman–Crippen MR) is 83.6 cm³/mol. The van der Waals surface area contributed by atoms with Gasteiger partial charge in [0, 0.05) is 0 Å². The number of aromatic nitrogens is 2. The zero-order chi connectivity index (χ0) is 22.3. The number of rotatable bonds is 3. The first kappa shape index (κ1) is 31.9. The first-order chi connectivity index (χ1) is 13.2. The molecular formula is C18H12N2O6W. The maximum absolute atomic E-state index is 11.9. The molecule has 0 atom stereocenters. The Balaban J connectivity index is -0.000000230. The van der Waals surface area contributed by atoms with Gasteiger partial charge in [0.15, 0.2) is 0 Å². The van der Waals surface area contributed by atoms with E-state index in [1.165, 1.54) is 19.4 Å². The van der Waals surface area contributed by atoms with Crippen molar-refractivity contribution in [3.05, 3.63) is 96.5 Å². The molecule has 1 N–H and O–H groups in total. The van der Waals surface area contributed by atoms with Gasteiger partial charge in [-0.3, -0.25) is 0 Å². The summed E-state index contributed by atoms with van der Waals surface area (Å²) in [7, 11) is 0. The van der Waals surface area contributed by atoms with Gasteiger partial charge in [-0.1, -0.05) is 0 Å². The second-order valence-electron chi connectivity index (χ2n) is 3.59. The number of hydrogen-bond donors (Lipinski definition) is 1. The molecule has 0 aliphatic carbocycles. The summed E-state index contributed by atoms with van der Waals surface area (Å²) in [6, 6.07) is 11.9. The van der Waals surface area contributed by atoms with Crippen molar-refractivity contribution >= 4 is 0 Å². The van der Waals surface area contributed by atoms with Gasteiger partial charge in [0.1, 0.15) is 0 Å². The Labute approximate surface area is 166 Å². The minimum absolute atomic E-state index is 0.0868. The Morgan fingerprint density at radius 2 is 1.41 bits per heavy atom. The summed E-state index contributed by atoms with van der Waals surface area (Å²) in [5, 5.41) is 0. The second kappa shape index (κ2) is 25.5. The van der Waals surface area contributed by atoms with Gasteiger partial charge in [-0.05, 0) is 0 Å². The number of nitrogens with zero attached hydrogens (tertiary/aromatic N) is 1. The Morgan fingerprint density at radius 1 is 0.963 bits per heavy atom.